The molecule has 0 aromatic heterocycles. The molecule has 0 amide bonds. The van der Waals surface area contributed by atoms with Crippen LogP contribution in [0.1, 0.15) is 6.42 Å². The van der Waals surface area contributed by atoms with Crippen LogP contribution >= 0.6 is 0 Å². The first-order valence-electron chi connectivity index (χ1n) is 6.19. The molecule has 1 aliphatic rings. The predicted molar refractivity (Wildman–Crippen MR) is 72.3 cm³/mol. The molecule has 0 aliphatic carbocycles. The Morgan fingerprint density at radius 2 is 2.00 bits per heavy atom. The van der Waals surface area contributed by atoms with Crippen LogP contribution in [0.25, 0.3) is 0 Å². The summed E-state index contributed by atoms with van der Waals surface area (Å²) in [5, 5.41) is 5.02. The normalized spacial score (nSPS) is 20.6. The first-order valence-corrected chi connectivity index (χ1v) is 7.73. The Morgan fingerprint density at radius 1 is 1.32 bits per heavy atom. The number of primary sulfonamides is 1. The van der Waals surface area contributed by atoms with E-state index in [0.29, 0.717) is 12.4 Å². The molecule has 1 saturated heterocycles. The summed E-state index contributed by atoms with van der Waals surface area (Å²) in [5.41, 5.74) is 5.81. The third-order valence-corrected chi connectivity index (χ3v) is 4.07. The van der Waals surface area contributed by atoms with Crippen LogP contribution in [0.2, 0.25) is 0 Å². The molecule has 0 unspecified atom stereocenters. The first-order chi connectivity index (χ1) is 8.95. The quantitative estimate of drug-likeness (QED) is 0.777. The van der Waals surface area contributed by atoms with Gasteiger partial charge in [-0.2, -0.15) is 0 Å². The molecule has 1 fully saturated rings. The number of hydrogen-bond donors (Lipinski definition) is 2. The van der Waals surface area contributed by atoms with E-state index in [0.717, 1.165) is 26.1 Å². The van der Waals surface area contributed by atoms with Crippen molar-refractivity contribution in [1.82, 2.24) is 4.90 Å². The Morgan fingerprint density at radius 3 is 2.53 bits per heavy atom. The van der Waals surface area contributed by atoms with E-state index in [9.17, 15) is 8.42 Å². The van der Waals surface area contributed by atoms with Crippen molar-refractivity contribution in [2.75, 3.05) is 26.2 Å². The van der Waals surface area contributed by atoms with Crippen LogP contribution in [0, 0.1) is 0 Å². The lowest BCUT2D eigenvalue weighted by Gasteiger charge is -2.15. The minimum Gasteiger partial charge on any atom is -0.492 e. The van der Waals surface area contributed by atoms with E-state index >= 15 is 0 Å². The molecule has 19 heavy (non-hydrogen) atoms. The van der Waals surface area contributed by atoms with Crippen molar-refractivity contribution in [1.29, 1.82) is 0 Å². The summed E-state index contributed by atoms with van der Waals surface area (Å²) in [4.78, 5) is 2.34. The maximum atomic E-state index is 11.1. The Labute approximate surface area is 113 Å². The van der Waals surface area contributed by atoms with Gasteiger partial charge in [0.15, 0.2) is 0 Å². The number of nitrogens with two attached hydrogens (primary N) is 2. The molecule has 0 bridgehead atoms. The molecule has 0 spiro atoms. The lowest BCUT2D eigenvalue weighted by molar-refractivity contribution is 0.236. The molecule has 6 nitrogen and oxygen atoms in total. The molecule has 106 valence electrons. The molecule has 0 radical (unpaired) electrons. The van der Waals surface area contributed by atoms with Gasteiger partial charge in [0.1, 0.15) is 12.4 Å². The van der Waals surface area contributed by atoms with Gasteiger partial charge in [-0.05, 0) is 37.2 Å². The molecule has 1 aliphatic heterocycles. The molecule has 7 heteroatoms. The number of benzene rings is 1. The van der Waals surface area contributed by atoms with Gasteiger partial charge in [0, 0.05) is 19.1 Å². The van der Waals surface area contributed by atoms with Crippen LogP contribution in [-0.4, -0.2) is 45.6 Å². The van der Waals surface area contributed by atoms with Crippen molar-refractivity contribution in [3.05, 3.63) is 24.3 Å². The maximum Gasteiger partial charge on any atom is 0.238 e. The number of likely N-dealkylation sites (tertiary alicyclic amines) is 1. The summed E-state index contributed by atoms with van der Waals surface area (Å²) in [7, 11) is -3.64. The van der Waals surface area contributed by atoms with Gasteiger partial charge in [-0.3, -0.25) is 4.90 Å². The molecule has 1 heterocycles. The summed E-state index contributed by atoms with van der Waals surface area (Å²) in [6.45, 7) is 3.30. The zero-order chi connectivity index (χ0) is 13.9. The number of hydrogen-bond acceptors (Lipinski definition) is 5. The van der Waals surface area contributed by atoms with Crippen molar-refractivity contribution in [2.45, 2.75) is 17.4 Å². The minimum absolute atomic E-state index is 0.0883. The molecule has 1 aromatic rings. The van der Waals surface area contributed by atoms with Crippen LogP contribution in [-0.2, 0) is 10.0 Å². The van der Waals surface area contributed by atoms with Gasteiger partial charge < -0.3 is 10.5 Å². The van der Waals surface area contributed by atoms with Gasteiger partial charge in [0.2, 0.25) is 10.0 Å². The fraction of sp³-hybridized carbons (Fsp3) is 0.500. The van der Waals surface area contributed by atoms with Crippen LogP contribution in [0.5, 0.6) is 5.75 Å². The molecular weight excluding hydrogens is 266 g/mol. The fourth-order valence-corrected chi connectivity index (χ4v) is 2.60. The van der Waals surface area contributed by atoms with Gasteiger partial charge in [-0.25, -0.2) is 13.6 Å². The van der Waals surface area contributed by atoms with E-state index in [1.165, 1.54) is 12.1 Å². The van der Waals surface area contributed by atoms with Gasteiger partial charge in [-0.15, -0.1) is 0 Å². The van der Waals surface area contributed by atoms with Gasteiger partial charge in [0.25, 0.3) is 0 Å². The lowest BCUT2D eigenvalue weighted by Crippen LogP contribution is -2.29. The molecule has 2 rings (SSSR count). The zero-order valence-corrected chi connectivity index (χ0v) is 11.5. The SMILES string of the molecule is N[C@@H]1CCN(CCOc2ccc(S(N)(=O)=O)cc2)C1. The minimum atomic E-state index is -3.64. The zero-order valence-electron chi connectivity index (χ0n) is 10.7. The van der Waals surface area contributed by atoms with Crippen LogP contribution < -0.4 is 15.6 Å². The summed E-state index contributed by atoms with van der Waals surface area (Å²) in [6.07, 6.45) is 1.03. The van der Waals surface area contributed by atoms with Gasteiger partial charge in [0.05, 0.1) is 4.90 Å². The van der Waals surface area contributed by atoms with E-state index in [4.69, 9.17) is 15.6 Å². The topological polar surface area (TPSA) is 98.6 Å². The Kier molecular flexibility index (Phi) is 4.41. The van der Waals surface area contributed by atoms with E-state index in [-0.39, 0.29) is 10.9 Å². The highest BCUT2D eigenvalue weighted by Gasteiger charge is 2.18. The standard InChI is InChI=1S/C12H19N3O3S/c13-10-5-6-15(9-10)7-8-18-11-1-3-12(4-2-11)19(14,16)17/h1-4,10H,5-9,13H2,(H2,14,16,17)/t10-/m1/s1. The largest absolute Gasteiger partial charge is 0.492 e. The Hall–Kier alpha value is -1.15. The average molecular weight is 285 g/mol. The second kappa shape index (κ2) is 5.87. The van der Waals surface area contributed by atoms with E-state index in [1.807, 2.05) is 0 Å². The van der Waals surface area contributed by atoms with Crippen LogP contribution in [0.15, 0.2) is 29.2 Å². The number of ether oxygens (including phenoxy) is 1. The van der Waals surface area contributed by atoms with Crippen molar-refractivity contribution in [3.63, 3.8) is 0 Å². The first kappa shape index (κ1) is 14.3. The Balaban J connectivity index is 1.80. The summed E-state index contributed by atoms with van der Waals surface area (Å²) in [6, 6.07) is 6.37. The predicted octanol–water partition coefficient (Wildman–Crippen LogP) is -0.254. The van der Waals surface area contributed by atoms with Crippen LogP contribution in [0.4, 0.5) is 0 Å². The summed E-state index contributed by atoms with van der Waals surface area (Å²) < 4.78 is 27.7. The Bertz CT molecular complexity index is 516. The number of rotatable bonds is 5. The van der Waals surface area contributed by atoms with Crippen molar-refractivity contribution in [3.8, 4) is 5.75 Å². The highest BCUT2D eigenvalue weighted by molar-refractivity contribution is 7.89. The maximum absolute atomic E-state index is 11.1. The van der Waals surface area contributed by atoms with Crippen molar-refractivity contribution < 1.29 is 13.2 Å². The summed E-state index contributed by atoms with van der Waals surface area (Å²) >= 11 is 0. The van der Waals surface area contributed by atoms with Crippen molar-refractivity contribution in [2.24, 2.45) is 10.9 Å². The monoisotopic (exact) mass is 285 g/mol. The highest BCUT2D eigenvalue weighted by atomic mass is 32.2. The smallest absolute Gasteiger partial charge is 0.238 e. The second-order valence-electron chi connectivity index (χ2n) is 4.71. The van der Waals surface area contributed by atoms with Gasteiger partial charge >= 0.3 is 0 Å². The molecular formula is C12H19N3O3S. The van der Waals surface area contributed by atoms with E-state index < -0.39 is 10.0 Å². The third-order valence-electron chi connectivity index (χ3n) is 3.14. The second-order valence-corrected chi connectivity index (χ2v) is 6.28. The van der Waals surface area contributed by atoms with Gasteiger partial charge in [-0.1, -0.05) is 0 Å². The van der Waals surface area contributed by atoms with Crippen molar-refractivity contribution >= 4 is 10.0 Å². The molecule has 1 aromatic carbocycles. The highest BCUT2D eigenvalue weighted by Crippen LogP contribution is 2.15. The van der Waals surface area contributed by atoms with Crippen LogP contribution in [0.3, 0.4) is 0 Å². The number of nitrogens with zero attached hydrogens (tertiary/aromatic N) is 1. The van der Waals surface area contributed by atoms with E-state index in [1.54, 1.807) is 12.1 Å². The fourth-order valence-electron chi connectivity index (χ4n) is 2.08. The molecule has 4 N–H and O–H groups in total. The molecule has 1 atom stereocenters. The average Bonchev–Trinajstić information content (AvgIpc) is 2.75. The molecule has 0 saturated carbocycles. The summed E-state index contributed by atoms with van der Waals surface area (Å²) in [5.74, 6) is 0.635. The lowest BCUT2D eigenvalue weighted by atomic mass is 10.3. The van der Waals surface area contributed by atoms with E-state index in [2.05, 4.69) is 4.90 Å². The third kappa shape index (κ3) is 4.17. The number of sulfonamides is 1.